The average Bonchev–Trinajstić information content (AvgIpc) is 4.13. The summed E-state index contributed by atoms with van der Waals surface area (Å²) in [6.45, 7) is 6.27. The van der Waals surface area contributed by atoms with Crippen molar-refractivity contribution in [2.24, 2.45) is 5.41 Å². The van der Waals surface area contributed by atoms with Gasteiger partial charge in [0.2, 0.25) is 23.6 Å². The molecule has 8 amide bonds. The van der Waals surface area contributed by atoms with Gasteiger partial charge in [-0.25, -0.2) is 0 Å². The molecule has 0 bridgehead atoms. The second-order valence-corrected chi connectivity index (χ2v) is 24.5. The summed E-state index contributed by atoms with van der Waals surface area (Å²) < 4.78 is 47.3. The molecule has 2 saturated heterocycles. The first kappa shape index (κ1) is 58.0. The molecule has 0 saturated carbocycles. The monoisotopic (exact) mass is 1150 g/mol. The number of ether oxygens (including phenoxy) is 1. The van der Waals surface area contributed by atoms with Gasteiger partial charge in [-0.2, -0.15) is 8.78 Å². The maximum absolute atomic E-state index is 15.2. The Morgan fingerprint density at radius 1 is 0.901 bits per heavy atom. The zero-order chi connectivity index (χ0) is 58.0. The Kier molecular flexibility index (Phi) is 17.1. The molecule has 81 heavy (non-hydrogen) atoms. The minimum absolute atomic E-state index is 0.0153. The number of fused-ring (bicyclic) bond motifs is 3. The van der Waals surface area contributed by atoms with Gasteiger partial charge >= 0.3 is 13.3 Å². The number of piperidine rings is 2. The van der Waals surface area contributed by atoms with E-state index in [4.69, 9.17) is 4.74 Å². The molecule has 424 valence electrons. The number of carbonyl (C=O) groups excluding carboxylic acids is 8. The number of alkyl halides is 2. The predicted molar refractivity (Wildman–Crippen MR) is 295 cm³/mol. The van der Waals surface area contributed by atoms with E-state index in [-0.39, 0.29) is 71.5 Å². The number of benzene rings is 4. The summed E-state index contributed by atoms with van der Waals surface area (Å²) in [5.41, 5.74) is -3.06. The highest BCUT2D eigenvalue weighted by atomic mass is 32.1. The number of amides is 8. The van der Waals surface area contributed by atoms with Crippen LogP contribution in [0.4, 0.5) is 8.78 Å². The fourth-order valence-corrected chi connectivity index (χ4v) is 12.2. The Hall–Kier alpha value is -7.63. The molecule has 1 aromatic heterocycles. The molecule has 0 aliphatic carbocycles. The van der Waals surface area contributed by atoms with Crippen LogP contribution in [0, 0.1) is 17.3 Å². The summed E-state index contributed by atoms with van der Waals surface area (Å²) >= 11 is 0.954. The van der Waals surface area contributed by atoms with Crippen LogP contribution >= 0.6 is 18.9 Å². The van der Waals surface area contributed by atoms with Gasteiger partial charge in [0, 0.05) is 67.2 Å². The van der Waals surface area contributed by atoms with Crippen molar-refractivity contribution in [1.82, 2.24) is 30.7 Å². The van der Waals surface area contributed by atoms with E-state index in [2.05, 4.69) is 27.8 Å². The summed E-state index contributed by atoms with van der Waals surface area (Å²) in [4.78, 5) is 131. The number of likely N-dealkylation sites (tertiary alicyclic amines) is 1. The number of imide groups is 2. The number of nitrogens with one attached hydrogen (secondary N) is 3. The fourth-order valence-electron chi connectivity index (χ4n) is 10.7. The third kappa shape index (κ3) is 12.6. The largest absolute Gasteiger partial charge is 0.484 e. The van der Waals surface area contributed by atoms with Gasteiger partial charge < -0.3 is 35.0 Å². The van der Waals surface area contributed by atoms with Crippen LogP contribution in [0.25, 0.3) is 10.1 Å². The van der Waals surface area contributed by atoms with Gasteiger partial charge in [0.25, 0.3) is 23.6 Å². The summed E-state index contributed by atoms with van der Waals surface area (Å²) in [6, 6.07) is 21.1. The summed E-state index contributed by atoms with van der Waals surface area (Å²) in [5.74, 6) is 2.29. The number of nitrogens with zero attached hydrogens (tertiary/aromatic N) is 3. The van der Waals surface area contributed by atoms with E-state index in [0.29, 0.717) is 60.5 Å². The van der Waals surface area contributed by atoms with Gasteiger partial charge in [0.05, 0.1) is 16.0 Å². The van der Waals surface area contributed by atoms with Gasteiger partial charge in [-0.05, 0) is 102 Å². The molecule has 5 aromatic rings. The van der Waals surface area contributed by atoms with Crippen LogP contribution < -0.4 is 20.7 Å². The zero-order valence-corrected chi connectivity index (χ0v) is 46.5. The molecule has 4 aromatic carbocycles. The van der Waals surface area contributed by atoms with E-state index in [1.54, 1.807) is 49.9 Å². The number of rotatable bonds is 16. The van der Waals surface area contributed by atoms with Gasteiger partial charge in [0.1, 0.15) is 23.9 Å². The van der Waals surface area contributed by atoms with E-state index >= 15 is 4.79 Å². The van der Waals surface area contributed by atoms with E-state index in [9.17, 15) is 56.7 Å². The van der Waals surface area contributed by atoms with Crippen LogP contribution in [-0.4, -0.2) is 116 Å². The van der Waals surface area contributed by atoms with Crippen LogP contribution in [0.3, 0.4) is 0 Å². The number of hydrogen-bond donors (Lipinski definition) is 5. The van der Waals surface area contributed by atoms with Crippen LogP contribution in [0.15, 0.2) is 91.0 Å². The quantitative estimate of drug-likeness (QED) is 0.0286. The van der Waals surface area contributed by atoms with Crippen molar-refractivity contribution in [3.05, 3.63) is 135 Å². The molecule has 4 aliphatic rings. The van der Waals surface area contributed by atoms with Crippen molar-refractivity contribution in [3.63, 3.8) is 0 Å². The second kappa shape index (κ2) is 23.8. The van der Waals surface area contributed by atoms with Gasteiger partial charge in [-0.1, -0.05) is 87.6 Å². The molecule has 18 nitrogen and oxygen atoms in total. The Bertz CT molecular complexity index is 3460. The summed E-state index contributed by atoms with van der Waals surface area (Å²) in [7, 11) is -5.86. The Balaban J connectivity index is 0.829. The van der Waals surface area contributed by atoms with Crippen molar-refractivity contribution in [1.29, 1.82) is 0 Å². The molecule has 22 heteroatoms. The van der Waals surface area contributed by atoms with Crippen molar-refractivity contribution in [2.45, 2.75) is 115 Å². The summed E-state index contributed by atoms with van der Waals surface area (Å²) in [6.07, 6.45) is 4.38. The lowest BCUT2D eigenvalue weighted by molar-refractivity contribution is -0.150. The normalized spacial score (nSPS) is 18.8. The molecule has 0 spiro atoms. The van der Waals surface area contributed by atoms with E-state index in [0.717, 1.165) is 58.8 Å². The minimum atomic E-state index is -5.86. The third-order valence-electron chi connectivity index (χ3n) is 15.1. The molecular formula is C59H61F2N6O12PS. The predicted octanol–water partition coefficient (Wildman–Crippen LogP) is 7.14. The molecule has 4 aliphatic heterocycles. The maximum atomic E-state index is 15.2. The van der Waals surface area contributed by atoms with Crippen LogP contribution in [0.1, 0.15) is 136 Å². The number of unbranched alkanes of at least 4 members (excludes halogenated alkanes) is 3. The lowest BCUT2D eigenvalue weighted by Crippen LogP contribution is -2.61. The van der Waals surface area contributed by atoms with Crippen LogP contribution in [0.2, 0.25) is 0 Å². The molecule has 5 heterocycles. The lowest BCUT2D eigenvalue weighted by atomic mass is 9.83. The average molecular weight is 1150 g/mol. The molecular weight excluding hydrogens is 1090 g/mol. The molecule has 0 radical (unpaired) electrons. The fraction of sp³-hybridized carbons (Fsp3) is 0.390. The minimum Gasteiger partial charge on any atom is -0.484 e. The van der Waals surface area contributed by atoms with E-state index < -0.39 is 77.8 Å². The van der Waals surface area contributed by atoms with Gasteiger partial charge in [-0.15, -0.1) is 11.3 Å². The topological polar surface area (TPSA) is 249 Å². The number of halogens is 2. The number of hydrogen-bond acceptors (Lipinski definition) is 11. The van der Waals surface area contributed by atoms with Crippen molar-refractivity contribution in [3.8, 4) is 17.6 Å². The van der Waals surface area contributed by atoms with Crippen LogP contribution in [-0.2, 0) is 47.2 Å². The van der Waals surface area contributed by atoms with Gasteiger partial charge in [-0.3, -0.25) is 53.1 Å². The standard InChI is InChI=1S/C59H61F2N6O12PS/c1-58(2,3)51(64-53(71)47-31-39-28-41(21-24-46(39)81-47)59(60,61)80(76,77)78)57(75)66-33-40-29-42(22-20-37(40)30-45(66)55(73)65-27-13-18-38(32-65)35-14-9-7-10-15-35)79-34-49(69)62-26-11-6-4-5-8-16-36-17-12-19-43-50(36)56(74)67(54(43)72)44-23-25-48(68)63-52(44)70/h7,9-10,12,14-15,17,19-22,24,28-29,31,38,44-45,51H,4-6,11,13,18,23,25-27,30,32-34H2,1-3H3,(H,62,69)(H,64,71)(H,63,68,70)(H2,76,77,78)/t38?,44?,45-,51+/m0/s1. The van der Waals surface area contributed by atoms with Gasteiger partial charge in [0.15, 0.2) is 6.61 Å². The van der Waals surface area contributed by atoms with Crippen molar-refractivity contribution < 1.29 is 66.2 Å². The molecule has 9 rings (SSSR count). The van der Waals surface area contributed by atoms with Crippen molar-refractivity contribution >= 4 is 76.3 Å². The first-order chi connectivity index (χ1) is 38.5. The number of carbonyl (C=O) groups is 8. The Morgan fingerprint density at radius 2 is 1.68 bits per heavy atom. The summed E-state index contributed by atoms with van der Waals surface area (Å²) in [5, 5.41) is 8.06. The SMILES string of the molecule is CC(C)(C)[C@H](NC(=O)c1cc2cc(C(F)(F)P(=O)(O)O)ccc2s1)C(=O)N1Cc2cc(OCC(=O)NCCCCCC#Cc3cccc4c3C(=O)N(C3CCC(=O)NC3=O)C4=O)ccc2C[C@H]1C(=O)N1CCCC(c2ccccc2)C1. The first-order valence-corrected chi connectivity index (χ1v) is 29.2. The zero-order valence-electron chi connectivity index (χ0n) is 44.8. The Labute approximate surface area is 470 Å². The molecule has 2 fully saturated rings. The van der Waals surface area contributed by atoms with E-state index in [1.807, 2.05) is 36.4 Å². The number of thiophene rings is 1. The highest BCUT2D eigenvalue weighted by Gasteiger charge is 2.51. The highest BCUT2D eigenvalue weighted by molar-refractivity contribution is 7.52. The first-order valence-electron chi connectivity index (χ1n) is 26.8. The highest BCUT2D eigenvalue weighted by Crippen LogP contribution is 2.59. The van der Waals surface area contributed by atoms with E-state index in [1.165, 1.54) is 23.1 Å². The second-order valence-electron chi connectivity index (χ2n) is 21.8. The third-order valence-corrected chi connectivity index (χ3v) is 17.2. The smallest absolute Gasteiger partial charge is 0.399 e. The Morgan fingerprint density at radius 3 is 2.42 bits per heavy atom. The molecule has 5 N–H and O–H groups in total. The molecule has 4 atom stereocenters. The maximum Gasteiger partial charge on any atom is 0.399 e. The van der Waals surface area contributed by atoms with Crippen molar-refractivity contribution in [2.75, 3.05) is 26.2 Å². The van der Waals surface area contributed by atoms with Crippen LogP contribution in [0.5, 0.6) is 5.75 Å². The lowest BCUT2D eigenvalue weighted by Gasteiger charge is -2.43. The molecule has 2 unspecified atom stereocenters.